The average molecular weight is 329 g/mol. The molecular formula is C19H23NO4. The fraction of sp³-hybridized carbons (Fsp3) is 0.474. The van der Waals surface area contributed by atoms with Crippen molar-refractivity contribution in [3.8, 4) is 0 Å². The number of hydrogen-bond acceptors (Lipinski definition) is 4. The first-order valence-corrected chi connectivity index (χ1v) is 8.57. The van der Waals surface area contributed by atoms with Crippen LogP contribution in [-0.4, -0.2) is 35.1 Å². The highest BCUT2D eigenvalue weighted by atomic mass is 16.6. The average Bonchev–Trinajstić information content (AvgIpc) is 3.38. The van der Waals surface area contributed by atoms with Crippen LogP contribution in [0.25, 0.3) is 0 Å². The van der Waals surface area contributed by atoms with Gasteiger partial charge in [-0.3, -0.25) is 9.59 Å². The zero-order chi connectivity index (χ0) is 16.9. The number of fused-ring (bicyclic) bond motifs is 1. The molecule has 1 saturated heterocycles. The quantitative estimate of drug-likeness (QED) is 0.459. The van der Waals surface area contributed by atoms with Gasteiger partial charge in [0.05, 0.1) is 5.70 Å². The van der Waals surface area contributed by atoms with Gasteiger partial charge in [-0.15, -0.1) is 0 Å². The summed E-state index contributed by atoms with van der Waals surface area (Å²) < 4.78 is 5.05. The molecule has 3 aliphatic rings. The lowest BCUT2D eigenvalue weighted by Crippen LogP contribution is -2.35. The number of hydrogen-bond donors (Lipinski definition) is 2. The third kappa shape index (κ3) is 4.30. The van der Waals surface area contributed by atoms with Gasteiger partial charge in [0.2, 0.25) is 11.7 Å². The van der Waals surface area contributed by atoms with Gasteiger partial charge in [0.15, 0.2) is 6.10 Å². The summed E-state index contributed by atoms with van der Waals surface area (Å²) in [4.78, 5) is 23.6. The summed E-state index contributed by atoms with van der Waals surface area (Å²) in [5.41, 5.74) is 0.108. The van der Waals surface area contributed by atoms with E-state index in [-0.39, 0.29) is 11.5 Å². The maximum Gasteiger partial charge on any atom is 0.248 e. The Morgan fingerprint density at radius 2 is 1.92 bits per heavy atom. The molecule has 3 atom stereocenters. The minimum Gasteiger partial charge on any atom is -0.386 e. The summed E-state index contributed by atoms with van der Waals surface area (Å²) in [5.74, 6) is -0.000330. The number of rotatable bonds is 5. The first-order chi connectivity index (χ1) is 11.6. The Morgan fingerprint density at radius 1 is 1.17 bits per heavy atom. The maximum absolute atomic E-state index is 11.8. The monoisotopic (exact) mass is 329 g/mol. The van der Waals surface area contributed by atoms with Gasteiger partial charge in [-0.1, -0.05) is 49.6 Å². The van der Waals surface area contributed by atoms with Crippen LogP contribution in [0.5, 0.6) is 0 Å². The van der Waals surface area contributed by atoms with E-state index >= 15 is 0 Å². The second-order valence-corrected chi connectivity index (χ2v) is 6.47. The van der Waals surface area contributed by atoms with Gasteiger partial charge in [0.1, 0.15) is 12.2 Å². The Balaban J connectivity index is 1.43. The van der Waals surface area contributed by atoms with Crippen molar-refractivity contribution < 1.29 is 19.4 Å². The van der Waals surface area contributed by atoms with Crippen LogP contribution < -0.4 is 5.32 Å². The maximum atomic E-state index is 11.8. The van der Waals surface area contributed by atoms with Gasteiger partial charge >= 0.3 is 0 Å². The van der Waals surface area contributed by atoms with Crippen molar-refractivity contribution in [1.29, 1.82) is 0 Å². The van der Waals surface area contributed by atoms with E-state index in [4.69, 9.17) is 4.74 Å². The van der Waals surface area contributed by atoms with Crippen molar-refractivity contribution in [3.05, 3.63) is 48.2 Å². The fourth-order valence-corrected chi connectivity index (χ4v) is 3.19. The number of nitrogens with one attached hydrogen (secondary N) is 1. The van der Waals surface area contributed by atoms with Crippen molar-refractivity contribution in [2.75, 3.05) is 0 Å². The smallest absolute Gasteiger partial charge is 0.248 e. The van der Waals surface area contributed by atoms with Crippen LogP contribution in [0, 0.1) is 5.92 Å². The van der Waals surface area contributed by atoms with Gasteiger partial charge in [-0.05, 0) is 24.8 Å². The molecule has 128 valence electrons. The van der Waals surface area contributed by atoms with E-state index in [0.717, 1.165) is 0 Å². The molecule has 3 unspecified atom stereocenters. The van der Waals surface area contributed by atoms with E-state index in [1.807, 2.05) is 12.2 Å². The van der Waals surface area contributed by atoms with Crippen LogP contribution in [0.3, 0.4) is 0 Å². The van der Waals surface area contributed by atoms with E-state index in [1.165, 1.54) is 44.3 Å². The topological polar surface area (TPSA) is 78.9 Å². The number of epoxide rings is 1. The van der Waals surface area contributed by atoms with E-state index < -0.39 is 24.2 Å². The Hall–Kier alpha value is -1.98. The number of Topliss-reactive ketones (excluding diaryl/α,β-unsaturated/α-hetero) is 1. The number of allylic oxidation sites excluding steroid dienone is 5. The van der Waals surface area contributed by atoms with E-state index in [0.29, 0.717) is 5.92 Å². The molecule has 2 aliphatic carbocycles. The highest BCUT2D eigenvalue weighted by molar-refractivity contribution is 6.06. The highest BCUT2D eigenvalue weighted by Crippen LogP contribution is 2.32. The van der Waals surface area contributed by atoms with Crippen LogP contribution in [0.2, 0.25) is 0 Å². The number of carbonyl (C=O) groups excluding carboxylic acids is 2. The fourth-order valence-electron chi connectivity index (χ4n) is 3.19. The first kappa shape index (κ1) is 16.9. The minimum absolute atomic E-state index is 0.108. The molecule has 1 heterocycles. The molecule has 0 bridgehead atoms. The summed E-state index contributed by atoms with van der Waals surface area (Å²) >= 11 is 0. The minimum atomic E-state index is -0.836. The molecule has 0 aromatic rings. The Bertz CT molecular complexity index is 611. The second kappa shape index (κ2) is 7.73. The number of ether oxygens (including phenoxy) is 1. The summed E-state index contributed by atoms with van der Waals surface area (Å²) in [7, 11) is 0. The van der Waals surface area contributed by atoms with Crippen molar-refractivity contribution in [2.24, 2.45) is 5.92 Å². The number of carbonyl (C=O) groups is 2. The van der Waals surface area contributed by atoms with Crippen LogP contribution in [0.15, 0.2) is 48.2 Å². The van der Waals surface area contributed by atoms with Crippen molar-refractivity contribution in [3.63, 3.8) is 0 Å². The van der Waals surface area contributed by atoms with Crippen LogP contribution >= 0.6 is 0 Å². The zero-order valence-electron chi connectivity index (χ0n) is 13.6. The number of amides is 1. The van der Waals surface area contributed by atoms with Crippen molar-refractivity contribution in [1.82, 2.24) is 5.32 Å². The van der Waals surface area contributed by atoms with Crippen molar-refractivity contribution >= 4 is 11.7 Å². The lowest BCUT2D eigenvalue weighted by molar-refractivity contribution is -0.121. The molecule has 3 rings (SSSR count). The Morgan fingerprint density at radius 3 is 2.71 bits per heavy atom. The molecular weight excluding hydrogens is 306 g/mol. The first-order valence-electron chi connectivity index (χ1n) is 8.57. The third-order valence-electron chi connectivity index (χ3n) is 4.60. The number of aliphatic hydroxyl groups excluding tert-OH is 1. The lowest BCUT2D eigenvalue weighted by atomic mass is 9.89. The molecule has 0 spiro atoms. The van der Waals surface area contributed by atoms with Gasteiger partial charge in [0.25, 0.3) is 0 Å². The summed E-state index contributed by atoms with van der Waals surface area (Å²) in [6, 6.07) is 0. The molecule has 24 heavy (non-hydrogen) atoms. The van der Waals surface area contributed by atoms with Gasteiger partial charge in [0, 0.05) is 6.08 Å². The van der Waals surface area contributed by atoms with Crippen molar-refractivity contribution in [2.45, 2.75) is 50.4 Å². The zero-order valence-corrected chi connectivity index (χ0v) is 13.6. The Labute approximate surface area is 141 Å². The summed E-state index contributed by atoms with van der Waals surface area (Å²) in [6.45, 7) is 0. The Kier molecular flexibility index (Phi) is 5.43. The standard InChI is InChI=1S/C19H23NO4/c21-15-12-14(17(23)19-18(15)24-19)20-16(22)11-7-2-1-4-8-13-9-5-3-6-10-13/h1-2,4,7-8,11-13,15,18-19,21H,3,5-6,9-10H2,(H,20,22)/b2-1+,8-4+,11-7+. The van der Waals surface area contributed by atoms with Crippen LogP contribution in [0.4, 0.5) is 0 Å². The molecule has 0 aromatic heterocycles. The molecule has 0 aromatic carbocycles. The number of ketones is 1. The predicted octanol–water partition coefficient (Wildman–Crippen LogP) is 1.95. The molecule has 1 aliphatic heterocycles. The van der Waals surface area contributed by atoms with Gasteiger partial charge in [-0.25, -0.2) is 0 Å². The van der Waals surface area contributed by atoms with Gasteiger partial charge in [-0.2, -0.15) is 0 Å². The van der Waals surface area contributed by atoms with E-state index in [1.54, 1.807) is 12.2 Å². The molecule has 5 nitrogen and oxygen atoms in total. The lowest BCUT2D eigenvalue weighted by Gasteiger charge is -2.17. The van der Waals surface area contributed by atoms with E-state index in [2.05, 4.69) is 11.4 Å². The molecule has 0 radical (unpaired) electrons. The van der Waals surface area contributed by atoms with E-state index in [9.17, 15) is 14.7 Å². The highest BCUT2D eigenvalue weighted by Gasteiger charge is 2.53. The molecule has 2 N–H and O–H groups in total. The largest absolute Gasteiger partial charge is 0.386 e. The van der Waals surface area contributed by atoms with Crippen LogP contribution in [-0.2, 0) is 14.3 Å². The second-order valence-electron chi connectivity index (χ2n) is 6.47. The normalized spacial score (nSPS) is 30.8. The molecule has 1 saturated carbocycles. The summed E-state index contributed by atoms with van der Waals surface area (Å²) in [5, 5.41) is 12.2. The predicted molar refractivity (Wildman–Crippen MR) is 89.9 cm³/mol. The van der Waals surface area contributed by atoms with Crippen LogP contribution in [0.1, 0.15) is 32.1 Å². The molecule has 1 amide bonds. The third-order valence-corrected chi connectivity index (χ3v) is 4.60. The molecule has 2 fully saturated rings. The van der Waals surface area contributed by atoms with Gasteiger partial charge < -0.3 is 15.2 Å². The SMILES string of the molecule is O=C(/C=C/C=C/C=C/C1CCCCC1)NC1=CC(O)C2OC2C1=O. The number of aliphatic hydroxyl groups is 1. The summed E-state index contributed by atoms with van der Waals surface area (Å²) in [6.07, 6.45) is 16.9. The molecule has 5 heteroatoms.